The molecule has 0 saturated carbocycles. The quantitative estimate of drug-likeness (QED) is 0.752. The molecule has 0 aliphatic heterocycles. The minimum atomic E-state index is -1.15. The minimum absolute atomic E-state index is 0.292. The molecule has 0 aromatic carbocycles. The molecule has 23 heavy (non-hydrogen) atoms. The minimum Gasteiger partial charge on any atom is -0.351 e. The van der Waals surface area contributed by atoms with Gasteiger partial charge in [-0.1, -0.05) is 0 Å². The largest absolute Gasteiger partial charge is 0.351 e. The maximum Gasteiger partial charge on any atom is 0.340 e. The first-order valence-electron chi connectivity index (χ1n) is 6.64. The number of rotatable bonds is 3. The molecule has 10 heteroatoms. The van der Waals surface area contributed by atoms with Crippen LogP contribution in [0.5, 0.6) is 0 Å². The van der Waals surface area contributed by atoms with Crippen LogP contribution in [0.4, 0.5) is 9.59 Å². The number of carbonyl (C=O) groups is 6. The average molecular weight is 328 g/mol. The molecule has 0 spiro atoms. The predicted molar refractivity (Wildman–Crippen MR) is 77.5 cm³/mol. The maximum atomic E-state index is 12.3. The molecule has 128 valence electrons. The highest BCUT2D eigenvalue weighted by atomic mass is 16.2. The van der Waals surface area contributed by atoms with Gasteiger partial charge < -0.3 is 5.73 Å². The number of nitrogens with two attached hydrogens (primary N) is 1. The zero-order valence-electron chi connectivity index (χ0n) is 13.7. The monoisotopic (exact) mass is 328 g/mol. The average Bonchev–Trinajstić information content (AvgIpc) is 2.33. The van der Waals surface area contributed by atoms with Crippen LogP contribution in [0, 0.1) is 0 Å². The van der Waals surface area contributed by atoms with Crippen molar-refractivity contribution < 1.29 is 28.8 Å². The molecule has 0 bridgehead atoms. The number of nitrogens with zero attached hydrogens (tertiary/aromatic N) is 3. The van der Waals surface area contributed by atoms with Crippen molar-refractivity contribution in [3.63, 3.8) is 0 Å². The molecule has 0 radical (unpaired) electrons. The number of hydrogen-bond donors (Lipinski definition) is 1. The lowest BCUT2D eigenvalue weighted by atomic mass is 10.2. The van der Waals surface area contributed by atoms with Crippen LogP contribution >= 0.6 is 0 Å². The highest BCUT2D eigenvalue weighted by Gasteiger charge is 2.34. The van der Waals surface area contributed by atoms with Crippen molar-refractivity contribution in [3.8, 4) is 0 Å². The first-order chi connectivity index (χ1) is 10.4. The maximum absolute atomic E-state index is 12.3. The topological polar surface area (TPSA) is 138 Å². The zero-order chi connectivity index (χ0) is 18.5. The van der Waals surface area contributed by atoms with Gasteiger partial charge in [0.15, 0.2) is 0 Å². The Hall–Kier alpha value is -2.78. The summed E-state index contributed by atoms with van der Waals surface area (Å²) in [4.78, 5) is 71.0. The molecule has 8 amide bonds. The Bertz CT molecular complexity index is 531. The summed E-state index contributed by atoms with van der Waals surface area (Å²) in [5.41, 5.74) is 5.05. The molecular weight excluding hydrogens is 308 g/mol. The van der Waals surface area contributed by atoms with Gasteiger partial charge in [0.25, 0.3) is 0 Å². The van der Waals surface area contributed by atoms with Crippen molar-refractivity contribution in [2.75, 3.05) is 6.54 Å². The molecule has 1 unspecified atom stereocenters. The lowest BCUT2D eigenvalue weighted by molar-refractivity contribution is -0.140. The molecule has 0 aromatic rings. The number of imide groups is 5. The van der Waals surface area contributed by atoms with E-state index in [4.69, 9.17) is 5.73 Å². The second-order valence-electron chi connectivity index (χ2n) is 4.86. The third kappa shape index (κ3) is 5.16. The van der Waals surface area contributed by atoms with Crippen LogP contribution in [-0.2, 0) is 19.2 Å². The fourth-order valence-electron chi connectivity index (χ4n) is 1.95. The summed E-state index contributed by atoms with van der Waals surface area (Å²) in [6.07, 6.45) is 0. The van der Waals surface area contributed by atoms with Gasteiger partial charge in [0.1, 0.15) is 0 Å². The predicted octanol–water partition coefficient (Wildman–Crippen LogP) is -0.334. The fourth-order valence-corrected chi connectivity index (χ4v) is 1.95. The van der Waals surface area contributed by atoms with Gasteiger partial charge in [0, 0.05) is 27.7 Å². The summed E-state index contributed by atoms with van der Waals surface area (Å²) >= 11 is 0. The molecule has 0 aliphatic rings. The summed E-state index contributed by atoms with van der Waals surface area (Å²) < 4.78 is 0. The third-order valence-corrected chi connectivity index (χ3v) is 2.90. The van der Waals surface area contributed by atoms with Crippen molar-refractivity contribution in [3.05, 3.63) is 0 Å². The lowest BCUT2D eigenvalue weighted by Crippen LogP contribution is -2.56. The molecule has 2 N–H and O–H groups in total. The van der Waals surface area contributed by atoms with Crippen LogP contribution in [0.15, 0.2) is 0 Å². The van der Waals surface area contributed by atoms with Gasteiger partial charge in [-0.15, -0.1) is 0 Å². The van der Waals surface area contributed by atoms with Crippen LogP contribution in [-0.4, -0.2) is 63.0 Å². The number of hydrogen-bond acceptors (Lipinski definition) is 6. The van der Waals surface area contributed by atoms with E-state index in [1.807, 2.05) is 0 Å². The van der Waals surface area contributed by atoms with Crippen molar-refractivity contribution in [1.29, 1.82) is 0 Å². The summed E-state index contributed by atoms with van der Waals surface area (Å²) in [6.45, 7) is 5.14. The Morgan fingerprint density at radius 1 is 0.826 bits per heavy atom. The SMILES string of the molecule is CC(=O)N(CC(C)N(C(C)=O)C(=O)N(C(C)=O)C(C)=O)C(N)=O. The van der Waals surface area contributed by atoms with Crippen LogP contribution in [0.2, 0.25) is 0 Å². The van der Waals surface area contributed by atoms with E-state index in [1.54, 1.807) is 0 Å². The Labute approximate surface area is 133 Å². The second kappa shape index (κ2) is 8.01. The highest BCUT2D eigenvalue weighted by molar-refractivity contribution is 6.12. The standard InChI is InChI=1S/C13H20N4O6/c1-7(6-15(8(2)18)12(14)22)16(9(3)19)13(23)17(10(4)20)11(5)21/h7H,6H2,1-5H3,(H2,14,22). The first kappa shape index (κ1) is 20.2. The number of urea groups is 2. The lowest BCUT2D eigenvalue weighted by Gasteiger charge is -2.31. The first-order valence-corrected chi connectivity index (χ1v) is 6.64. The fraction of sp³-hybridized carbons (Fsp3) is 0.538. The van der Waals surface area contributed by atoms with Crippen LogP contribution < -0.4 is 5.73 Å². The van der Waals surface area contributed by atoms with Gasteiger partial charge >= 0.3 is 12.1 Å². The highest BCUT2D eigenvalue weighted by Crippen LogP contribution is 2.09. The van der Waals surface area contributed by atoms with E-state index in [9.17, 15) is 28.8 Å². The number of carbonyl (C=O) groups excluding carboxylic acids is 6. The summed E-state index contributed by atoms with van der Waals surface area (Å²) in [5.74, 6) is -3.16. The summed E-state index contributed by atoms with van der Waals surface area (Å²) in [5, 5.41) is 0. The zero-order valence-corrected chi connectivity index (χ0v) is 13.7. The Morgan fingerprint density at radius 3 is 1.52 bits per heavy atom. The molecular formula is C13H20N4O6. The molecule has 1 atom stereocenters. The number of amides is 8. The van der Waals surface area contributed by atoms with E-state index in [0.29, 0.717) is 14.7 Å². The van der Waals surface area contributed by atoms with E-state index in [0.717, 1.165) is 27.7 Å². The van der Waals surface area contributed by atoms with Crippen molar-refractivity contribution in [2.24, 2.45) is 5.73 Å². The molecule has 0 aliphatic carbocycles. The van der Waals surface area contributed by atoms with Gasteiger partial charge in [-0.3, -0.25) is 29.0 Å². The molecule has 10 nitrogen and oxygen atoms in total. The van der Waals surface area contributed by atoms with E-state index >= 15 is 0 Å². The Balaban J connectivity index is 5.55. The van der Waals surface area contributed by atoms with Gasteiger partial charge in [-0.2, -0.15) is 0 Å². The molecule has 0 aromatic heterocycles. The van der Waals surface area contributed by atoms with Crippen molar-refractivity contribution >= 4 is 35.7 Å². The molecule has 0 rings (SSSR count). The van der Waals surface area contributed by atoms with Crippen molar-refractivity contribution in [1.82, 2.24) is 14.7 Å². The van der Waals surface area contributed by atoms with Crippen LogP contribution in [0.25, 0.3) is 0 Å². The van der Waals surface area contributed by atoms with Crippen LogP contribution in [0.3, 0.4) is 0 Å². The van der Waals surface area contributed by atoms with E-state index in [1.165, 1.54) is 6.92 Å². The molecule has 0 heterocycles. The van der Waals surface area contributed by atoms with Gasteiger partial charge in [-0.05, 0) is 6.92 Å². The van der Waals surface area contributed by atoms with Gasteiger partial charge in [0.05, 0.1) is 12.6 Å². The smallest absolute Gasteiger partial charge is 0.340 e. The van der Waals surface area contributed by atoms with E-state index < -0.39 is 41.7 Å². The third-order valence-electron chi connectivity index (χ3n) is 2.90. The normalized spacial score (nSPS) is 11.2. The van der Waals surface area contributed by atoms with E-state index in [2.05, 4.69) is 0 Å². The van der Waals surface area contributed by atoms with Gasteiger partial charge in [0.2, 0.25) is 23.6 Å². The van der Waals surface area contributed by atoms with Crippen molar-refractivity contribution in [2.45, 2.75) is 40.7 Å². The summed E-state index contributed by atoms with van der Waals surface area (Å²) in [7, 11) is 0. The second-order valence-corrected chi connectivity index (χ2v) is 4.86. The Kier molecular flexibility index (Phi) is 7.04. The van der Waals surface area contributed by atoms with E-state index in [-0.39, 0.29) is 6.54 Å². The van der Waals surface area contributed by atoms with Gasteiger partial charge in [-0.25, -0.2) is 14.5 Å². The molecule has 0 fully saturated rings. The number of primary amides is 1. The summed E-state index contributed by atoms with van der Waals surface area (Å²) in [6, 6.07) is -3.19. The Morgan fingerprint density at radius 2 is 1.26 bits per heavy atom. The van der Waals surface area contributed by atoms with Crippen LogP contribution in [0.1, 0.15) is 34.6 Å². The molecule has 0 saturated heterocycles.